The van der Waals surface area contributed by atoms with Crippen LogP contribution in [0.15, 0.2) is 138 Å². The number of nitro groups is 1. The van der Waals surface area contributed by atoms with Crippen LogP contribution >= 0.6 is 0 Å². The van der Waals surface area contributed by atoms with Gasteiger partial charge < -0.3 is 35.3 Å². The predicted molar refractivity (Wildman–Crippen MR) is 199 cm³/mol. The zero-order valence-electron chi connectivity index (χ0n) is 29.4. The number of aliphatic hydroxyl groups excluding tert-OH is 4. The lowest BCUT2D eigenvalue weighted by atomic mass is 9.97. The number of amides is 1. The Morgan fingerprint density at radius 3 is 1.81 bits per heavy atom. The average molecular weight is 753 g/mol. The number of aliphatic hydroxyl groups is 4. The summed E-state index contributed by atoms with van der Waals surface area (Å²) < 4.78 is 12.4. The molecule has 280 valence electrons. The van der Waals surface area contributed by atoms with Crippen molar-refractivity contribution < 1.29 is 44.1 Å². The minimum Gasteiger partial charge on any atom is -0.516 e. The SMILES string of the molecule is CC(C)(CC(O)[C@H]1O[C@@H](O)[C@H](O)[C@@H]1O)[Si](OC1=C([N+](=O)[O-])C(N)N(C(=O)c2ccccc2)C(C(=O)c2ccccc2)=N1)(c1ccccc1)c1ccccc1. The van der Waals surface area contributed by atoms with Crippen molar-refractivity contribution in [3.63, 3.8) is 0 Å². The molecule has 4 aromatic carbocycles. The first-order chi connectivity index (χ1) is 25.8. The molecule has 14 nitrogen and oxygen atoms in total. The van der Waals surface area contributed by atoms with Gasteiger partial charge in [0, 0.05) is 16.2 Å². The molecule has 0 saturated carbocycles. The number of ketones is 1. The molecule has 6 N–H and O–H groups in total. The minimum atomic E-state index is -4.07. The molecule has 0 aliphatic carbocycles. The first-order valence-corrected chi connectivity index (χ1v) is 19.1. The molecule has 1 saturated heterocycles. The molecule has 0 radical (unpaired) electrons. The van der Waals surface area contributed by atoms with Crippen molar-refractivity contribution >= 4 is 36.2 Å². The number of ether oxygens (including phenoxy) is 1. The van der Waals surface area contributed by atoms with Gasteiger partial charge in [-0.2, -0.15) is 4.99 Å². The van der Waals surface area contributed by atoms with E-state index in [2.05, 4.69) is 4.99 Å². The molecular weight excluding hydrogens is 713 g/mol. The number of hydrogen-bond acceptors (Lipinski definition) is 12. The second-order valence-electron chi connectivity index (χ2n) is 13.7. The van der Waals surface area contributed by atoms with E-state index < -0.39 is 84.3 Å². The maximum absolute atomic E-state index is 14.3. The van der Waals surface area contributed by atoms with Crippen LogP contribution in [0, 0.1) is 10.1 Å². The second kappa shape index (κ2) is 15.5. The lowest BCUT2D eigenvalue weighted by Crippen LogP contribution is -2.68. The van der Waals surface area contributed by atoms with Crippen LogP contribution in [0.2, 0.25) is 5.04 Å². The van der Waals surface area contributed by atoms with Crippen LogP contribution in [0.1, 0.15) is 41.0 Å². The summed E-state index contributed by atoms with van der Waals surface area (Å²) in [5.41, 5.74) is 6.10. The van der Waals surface area contributed by atoms with Gasteiger partial charge in [-0.05, 0) is 28.9 Å². The summed E-state index contributed by atoms with van der Waals surface area (Å²) in [5.74, 6) is -2.66. The van der Waals surface area contributed by atoms with E-state index in [9.17, 15) is 40.1 Å². The number of aliphatic imine (C=N–C) groups is 1. The predicted octanol–water partition coefficient (Wildman–Crippen LogP) is 1.90. The highest BCUT2D eigenvalue weighted by Gasteiger charge is 2.59. The van der Waals surface area contributed by atoms with Crippen molar-refractivity contribution in [1.82, 2.24) is 4.90 Å². The van der Waals surface area contributed by atoms with Gasteiger partial charge in [0.1, 0.15) is 18.3 Å². The molecule has 0 bridgehead atoms. The standard InChI is InChI=1S/C39H40N4O10Si/c1-39(2,23-28(44)33-31(46)32(47)38(49)52-33)54(26-19-11-5-12-20-26,27-21-13-6-14-22-27)53-36-29(43(50)51)34(40)42(37(48)25-17-9-4-10-18-25)35(41-36)30(45)24-15-7-3-8-16-24/h3-22,28,31-34,38,44,46-47,49H,23,40H2,1-2H3/t28?,31-,32+,33+,34?,38+/m0/s1. The number of amidine groups is 1. The monoisotopic (exact) mass is 752 g/mol. The summed E-state index contributed by atoms with van der Waals surface area (Å²) in [7, 11) is -4.07. The lowest BCUT2D eigenvalue weighted by Gasteiger charge is -2.46. The highest BCUT2D eigenvalue weighted by atomic mass is 28.4. The number of benzene rings is 4. The molecule has 2 heterocycles. The zero-order chi connectivity index (χ0) is 38.8. The highest BCUT2D eigenvalue weighted by Crippen LogP contribution is 2.45. The first-order valence-electron chi connectivity index (χ1n) is 17.2. The largest absolute Gasteiger partial charge is 0.516 e. The van der Waals surface area contributed by atoms with Crippen LogP contribution < -0.4 is 16.1 Å². The van der Waals surface area contributed by atoms with Gasteiger partial charge in [0.25, 0.3) is 11.8 Å². The maximum atomic E-state index is 14.3. The lowest BCUT2D eigenvalue weighted by molar-refractivity contribution is -0.435. The van der Waals surface area contributed by atoms with Crippen LogP contribution in [-0.4, -0.2) is 93.0 Å². The fourth-order valence-electron chi connectivity index (χ4n) is 7.15. The third kappa shape index (κ3) is 7.01. The molecule has 4 aromatic rings. The maximum Gasteiger partial charge on any atom is 0.343 e. The molecule has 0 aromatic heterocycles. The van der Waals surface area contributed by atoms with E-state index in [0.29, 0.717) is 10.4 Å². The van der Waals surface area contributed by atoms with Crippen LogP contribution in [0.25, 0.3) is 0 Å². The average Bonchev–Trinajstić information content (AvgIpc) is 3.44. The van der Waals surface area contributed by atoms with Crippen molar-refractivity contribution in [2.24, 2.45) is 10.7 Å². The number of nitrogens with zero attached hydrogens (tertiary/aromatic N) is 3. The summed E-state index contributed by atoms with van der Waals surface area (Å²) in [4.78, 5) is 45.9. The molecule has 1 amide bonds. The summed E-state index contributed by atoms with van der Waals surface area (Å²) in [6.45, 7) is 3.55. The van der Waals surface area contributed by atoms with Gasteiger partial charge in [-0.3, -0.25) is 24.6 Å². The van der Waals surface area contributed by atoms with Crippen LogP contribution in [0.4, 0.5) is 0 Å². The van der Waals surface area contributed by atoms with E-state index in [1.54, 1.807) is 111 Å². The first kappa shape index (κ1) is 38.3. The van der Waals surface area contributed by atoms with Crippen molar-refractivity contribution in [3.05, 3.63) is 154 Å². The number of carbonyl (C=O) groups is 2. The Hall–Kier alpha value is -5.39. The Morgan fingerprint density at radius 1 is 0.870 bits per heavy atom. The third-order valence-electron chi connectivity index (χ3n) is 9.83. The fourth-order valence-corrected chi connectivity index (χ4v) is 11.8. The number of Topliss-reactive ketones (excluding diaryl/α,β-unsaturated/α-hetero) is 1. The van der Waals surface area contributed by atoms with E-state index in [4.69, 9.17) is 14.9 Å². The molecular formula is C39H40N4O10Si. The summed E-state index contributed by atoms with van der Waals surface area (Å²) in [6, 6.07) is 33.5. The van der Waals surface area contributed by atoms with Gasteiger partial charge in [-0.25, -0.2) is 0 Å². The summed E-state index contributed by atoms with van der Waals surface area (Å²) in [6.07, 6.45) is -9.94. The molecule has 0 spiro atoms. The van der Waals surface area contributed by atoms with E-state index in [-0.39, 0.29) is 17.5 Å². The van der Waals surface area contributed by atoms with E-state index >= 15 is 0 Å². The van der Waals surface area contributed by atoms with E-state index in [1.165, 1.54) is 24.3 Å². The Labute approximate surface area is 311 Å². The van der Waals surface area contributed by atoms with Crippen molar-refractivity contribution in [3.8, 4) is 0 Å². The number of carbonyl (C=O) groups excluding carboxylic acids is 2. The quantitative estimate of drug-likeness (QED) is 0.0609. The summed E-state index contributed by atoms with van der Waals surface area (Å²) in [5, 5.41) is 55.6. The van der Waals surface area contributed by atoms with Gasteiger partial charge in [0.2, 0.25) is 5.78 Å². The summed E-state index contributed by atoms with van der Waals surface area (Å²) >= 11 is 0. The Bertz CT molecular complexity index is 2010. The van der Waals surface area contributed by atoms with Crippen molar-refractivity contribution in [1.29, 1.82) is 0 Å². The van der Waals surface area contributed by atoms with Crippen molar-refractivity contribution in [2.75, 3.05) is 0 Å². The number of nitrogens with two attached hydrogens (primary N) is 1. The van der Waals surface area contributed by atoms with Crippen LogP contribution in [0.3, 0.4) is 0 Å². The van der Waals surface area contributed by atoms with Gasteiger partial charge in [0.05, 0.1) is 11.0 Å². The fraction of sp³-hybridized carbons (Fsp3) is 0.256. The zero-order valence-corrected chi connectivity index (χ0v) is 30.4. The van der Waals surface area contributed by atoms with Crippen LogP contribution in [-0.2, 0) is 9.16 Å². The Balaban J connectivity index is 1.58. The molecule has 1 fully saturated rings. The molecule has 6 atom stereocenters. The normalized spacial score (nSPS) is 22.4. The van der Waals surface area contributed by atoms with E-state index in [1.807, 2.05) is 0 Å². The molecule has 2 aliphatic heterocycles. The van der Waals surface area contributed by atoms with Gasteiger partial charge >= 0.3 is 14.0 Å². The smallest absolute Gasteiger partial charge is 0.343 e. The molecule has 54 heavy (non-hydrogen) atoms. The molecule has 15 heteroatoms. The number of rotatable bonds is 12. The van der Waals surface area contributed by atoms with Gasteiger partial charge in [-0.1, -0.05) is 123 Å². The van der Waals surface area contributed by atoms with E-state index in [0.717, 1.165) is 4.90 Å². The molecule has 6 rings (SSSR count). The highest BCUT2D eigenvalue weighted by molar-refractivity contribution is 6.99. The Kier molecular flexibility index (Phi) is 11.0. The topological polar surface area (TPSA) is 218 Å². The second-order valence-corrected chi connectivity index (χ2v) is 17.8. The minimum absolute atomic E-state index is 0.104. The number of hydrogen-bond donors (Lipinski definition) is 5. The molecule has 2 unspecified atom stereocenters. The van der Waals surface area contributed by atoms with Crippen LogP contribution in [0.5, 0.6) is 0 Å². The van der Waals surface area contributed by atoms with Gasteiger partial charge in [-0.15, -0.1) is 0 Å². The Morgan fingerprint density at radius 2 is 1.35 bits per heavy atom. The van der Waals surface area contributed by atoms with Crippen molar-refractivity contribution in [2.45, 2.75) is 62.2 Å². The third-order valence-corrected chi connectivity index (χ3v) is 14.7. The molecule has 2 aliphatic rings. The van der Waals surface area contributed by atoms with Gasteiger partial charge in [0.15, 0.2) is 18.3 Å².